The van der Waals surface area contributed by atoms with Gasteiger partial charge in [0, 0.05) is 37.4 Å². The molecule has 0 saturated heterocycles. The van der Waals surface area contributed by atoms with Gasteiger partial charge in [0.1, 0.15) is 0 Å². The van der Waals surface area contributed by atoms with Crippen LogP contribution in [0.15, 0.2) is 22.5 Å². The van der Waals surface area contributed by atoms with Crippen LogP contribution in [0.1, 0.15) is 37.0 Å². The van der Waals surface area contributed by atoms with Crippen molar-refractivity contribution in [2.24, 2.45) is 4.99 Å². The number of nitrogens with one attached hydrogen (secondary N) is 2. The van der Waals surface area contributed by atoms with Crippen LogP contribution in [0.2, 0.25) is 0 Å². The van der Waals surface area contributed by atoms with E-state index in [1.165, 1.54) is 0 Å². The molecule has 30 heavy (non-hydrogen) atoms. The Morgan fingerprint density at radius 1 is 1.07 bits per heavy atom. The zero-order valence-corrected chi connectivity index (χ0v) is 21.9. The molecule has 0 fully saturated rings. The van der Waals surface area contributed by atoms with Gasteiger partial charge in [0.15, 0.2) is 17.5 Å². The van der Waals surface area contributed by atoms with E-state index in [2.05, 4.69) is 41.8 Å². The van der Waals surface area contributed by atoms with Gasteiger partial charge in [-0.2, -0.15) is 0 Å². The number of aliphatic imine (C=N–C) groups is 1. The molecule has 0 aliphatic rings. The fourth-order valence-electron chi connectivity index (χ4n) is 2.70. The highest BCUT2D eigenvalue weighted by atomic mass is 127. The Hall–Kier alpha value is -1.75. The average molecular weight is 548 g/mol. The molecule has 1 heterocycles. The molecule has 0 aliphatic carbocycles. The number of hydrogen-bond acceptors (Lipinski definition) is 6. The summed E-state index contributed by atoms with van der Waals surface area (Å²) in [6.07, 6.45) is 0.853. The molecular formula is C21H33IN4O3S. The maximum atomic E-state index is 5.41. The van der Waals surface area contributed by atoms with E-state index in [0.717, 1.165) is 35.2 Å². The molecule has 0 bridgehead atoms. The number of hydrogen-bond donors (Lipinski definition) is 2. The van der Waals surface area contributed by atoms with E-state index in [0.29, 0.717) is 23.8 Å². The van der Waals surface area contributed by atoms with Crippen molar-refractivity contribution in [3.05, 3.63) is 33.8 Å². The van der Waals surface area contributed by atoms with Crippen molar-refractivity contribution in [2.45, 2.75) is 39.2 Å². The minimum Gasteiger partial charge on any atom is -0.493 e. The summed E-state index contributed by atoms with van der Waals surface area (Å²) in [5, 5.41) is 9.92. The SMILES string of the molecule is CN=C(NCCc1nc(C(C)(C)C)cs1)NCc1cc(OC)c(OC)c(OC)c1.I. The number of thiazole rings is 1. The number of rotatable bonds is 8. The van der Waals surface area contributed by atoms with Crippen LogP contribution in [0.3, 0.4) is 0 Å². The second kappa shape index (κ2) is 12.2. The van der Waals surface area contributed by atoms with Gasteiger partial charge >= 0.3 is 0 Å². The van der Waals surface area contributed by atoms with Crippen LogP contribution in [0.5, 0.6) is 17.2 Å². The van der Waals surface area contributed by atoms with Gasteiger partial charge in [0.05, 0.1) is 32.0 Å². The number of ether oxygens (including phenoxy) is 3. The van der Waals surface area contributed by atoms with Crippen molar-refractivity contribution in [3.8, 4) is 17.2 Å². The first-order valence-corrected chi connectivity index (χ1v) is 10.4. The van der Waals surface area contributed by atoms with E-state index in [4.69, 9.17) is 19.2 Å². The third kappa shape index (κ3) is 7.19. The minimum atomic E-state index is 0. The Bertz CT molecular complexity index is 809. The van der Waals surface area contributed by atoms with Crippen molar-refractivity contribution < 1.29 is 14.2 Å². The largest absolute Gasteiger partial charge is 0.493 e. The second-order valence-electron chi connectivity index (χ2n) is 7.51. The predicted molar refractivity (Wildman–Crippen MR) is 134 cm³/mol. The van der Waals surface area contributed by atoms with Crippen molar-refractivity contribution in [1.82, 2.24) is 15.6 Å². The van der Waals surface area contributed by atoms with E-state index in [-0.39, 0.29) is 29.4 Å². The monoisotopic (exact) mass is 548 g/mol. The third-order valence-corrected chi connectivity index (χ3v) is 5.27. The van der Waals surface area contributed by atoms with Gasteiger partial charge in [-0.15, -0.1) is 35.3 Å². The molecule has 1 aromatic heterocycles. The lowest BCUT2D eigenvalue weighted by molar-refractivity contribution is 0.323. The summed E-state index contributed by atoms with van der Waals surface area (Å²) >= 11 is 1.71. The van der Waals surface area contributed by atoms with Crippen molar-refractivity contribution in [2.75, 3.05) is 34.9 Å². The van der Waals surface area contributed by atoms with Gasteiger partial charge in [0.2, 0.25) is 5.75 Å². The average Bonchev–Trinajstić information content (AvgIpc) is 3.19. The summed E-state index contributed by atoms with van der Waals surface area (Å²) in [5.74, 6) is 2.57. The first kappa shape index (κ1) is 26.3. The molecule has 0 saturated carbocycles. The summed E-state index contributed by atoms with van der Waals surface area (Å²) in [6.45, 7) is 7.87. The highest BCUT2D eigenvalue weighted by Gasteiger charge is 2.17. The Kier molecular flexibility index (Phi) is 10.7. The fourth-order valence-corrected chi connectivity index (χ4v) is 3.73. The maximum Gasteiger partial charge on any atom is 0.203 e. The van der Waals surface area contributed by atoms with Crippen LogP contribution in [-0.2, 0) is 18.4 Å². The Balaban J connectivity index is 0.00000450. The molecule has 2 N–H and O–H groups in total. The number of benzene rings is 1. The van der Waals surface area contributed by atoms with E-state index in [9.17, 15) is 0 Å². The molecule has 2 rings (SSSR count). The minimum absolute atomic E-state index is 0. The molecule has 0 amide bonds. The van der Waals surface area contributed by atoms with Crippen LogP contribution in [0.4, 0.5) is 0 Å². The van der Waals surface area contributed by atoms with Crippen molar-refractivity contribution in [1.29, 1.82) is 0 Å². The normalized spacial score (nSPS) is 11.5. The molecule has 2 aromatic rings. The number of guanidine groups is 1. The molecular weight excluding hydrogens is 515 g/mol. The molecule has 1 aromatic carbocycles. The van der Waals surface area contributed by atoms with Crippen molar-refractivity contribution >= 4 is 41.3 Å². The lowest BCUT2D eigenvalue weighted by Gasteiger charge is -2.16. The quantitative estimate of drug-likeness (QED) is 0.295. The topological polar surface area (TPSA) is 77.0 Å². The first-order chi connectivity index (χ1) is 13.8. The van der Waals surface area contributed by atoms with Crippen molar-refractivity contribution in [3.63, 3.8) is 0 Å². The molecule has 0 spiro atoms. The Morgan fingerprint density at radius 3 is 2.17 bits per heavy atom. The van der Waals surface area contributed by atoms with Gasteiger partial charge in [-0.25, -0.2) is 4.98 Å². The maximum absolute atomic E-state index is 5.41. The molecule has 0 radical (unpaired) electrons. The van der Waals surface area contributed by atoms with Gasteiger partial charge in [-0.05, 0) is 17.7 Å². The van der Waals surface area contributed by atoms with E-state index < -0.39 is 0 Å². The van der Waals surface area contributed by atoms with E-state index in [1.54, 1.807) is 39.7 Å². The molecule has 0 atom stereocenters. The fraction of sp³-hybridized carbons (Fsp3) is 0.524. The van der Waals surface area contributed by atoms with Crippen LogP contribution in [0.25, 0.3) is 0 Å². The van der Waals surface area contributed by atoms with Gasteiger partial charge in [0.25, 0.3) is 0 Å². The molecule has 0 aliphatic heterocycles. The van der Waals surface area contributed by atoms with Crippen LogP contribution in [-0.4, -0.2) is 45.9 Å². The smallest absolute Gasteiger partial charge is 0.203 e. The molecule has 9 heteroatoms. The van der Waals surface area contributed by atoms with E-state index >= 15 is 0 Å². The lowest BCUT2D eigenvalue weighted by atomic mass is 9.93. The lowest BCUT2D eigenvalue weighted by Crippen LogP contribution is -2.37. The standard InChI is InChI=1S/C21H32N4O3S.HI/c1-21(2,3)17-13-29-18(25-17)8-9-23-20(22-4)24-12-14-10-15(26-5)19(28-7)16(11-14)27-6;/h10-11,13H,8-9,12H2,1-7H3,(H2,22,23,24);1H. The van der Waals surface area contributed by atoms with Gasteiger partial charge in [-0.1, -0.05) is 20.8 Å². The van der Waals surface area contributed by atoms with Gasteiger partial charge in [-0.3, -0.25) is 4.99 Å². The second-order valence-corrected chi connectivity index (χ2v) is 8.46. The highest BCUT2D eigenvalue weighted by molar-refractivity contribution is 14.0. The zero-order valence-electron chi connectivity index (χ0n) is 18.8. The van der Waals surface area contributed by atoms with Gasteiger partial charge < -0.3 is 24.8 Å². The van der Waals surface area contributed by atoms with Crippen LogP contribution >= 0.6 is 35.3 Å². The summed E-state index contributed by atoms with van der Waals surface area (Å²) in [6, 6.07) is 3.84. The number of nitrogens with zero attached hydrogens (tertiary/aromatic N) is 2. The molecule has 0 unspecified atom stereocenters. The van der Waals surface area contributed by atoms with Crippen LogP contribution < -0.4 is 24.8 Å². The summed E-state index contributed by atoms with van der Waals surface area (Å²) in [4.78, 5) is 9.02. The van der Waals surface area contributed by atoms with Crippen LogP contribution in [0, 0.1) is 0 Å². The summed E-state index contributed by atoms with van der Waals surface area (Å²) in [5.41, 5.74) is 2.22. The zero-order chi connectivity index (χ0) is 21.4. The number of aromatic nitrogens is 1. The summed E-state index contributed by atoms with van der Waals surface area (Å²) < 4.78 is 16.2. The highest BCUT2D eigenvalue weighted by Crippen LogP contribution is 2.38. The molecule has 168 valence electrons. The third-order valence-electron chi connectivity index (χ3n) is 4.36. The number of halogens is 1. The molecule has 7 nitrogen and oxygen atoms in total. The van der Waals surface area contributed by atoms with E-state index in [1.807, 2.05) is 12.1 Å². The first-order valence-electron chi connectivity index (χ1n) is 9.50. The number of methoxy groups -OCH3 is 3. The summed E-state index contributed by atoms with van der Waals surface area (Å²) in [7, 11) is 6.57. The Morgan fingerprint density at radius 2 is 1.70 bits per heavy atom. The predicted octanol–water partition coefficient (Wildman–Crippen LogP) is 3.99. The Labute approximate surface area is 200 Å².